The number of esters is 2. The molecule has 0 N–H and O–H groups in total. The first-order valence-corrected chi connectivity index (χ1v) is 13.0. The number of hydrogen-bond donors (Lipinski definition) is 0. The summed E-state index contributed by atoms with van der Waals surface area (Å²) in [6.45, 7) is 8.06. The summed E-state index contributed by atoms with van der Waals surface area (Å²) in [6, 6.07) is 6.69. The van der Waals surface area contributed by atoms with Crippen LogP contribution in [0.15, 0.2) is 65.3 Å². The molecular formula is C30H37F3O5. The molecule has 8 heteroatoms. The minimum Gasteiger partial charge on any atom is -0.455 e. The van der Waals surface area contributed by atoms with E-state index in [-0.39, 0.29) is 23.8 Å². The molecule has 1 aliphatic carbocycles. The van der Waals surface area contributed by atoms with Gasteiger partial charge in [0.05, 0.1) is 0 Å². The van der Waals surface area contributed by atoms with Gasteiger partial charge in [-0.2, -0.15) is 13.2 Å². The van der Waals surface area contributed by atoms with E-state index in [2.05, 4.69) is 26.8 Å². The van der Waals surface area contributed by atoms with Gasteiger partial charge in [0.15, 0.2) is 0 Å². The van der Waals surface area contributed by atoms with Crippen LogP contribution in [0.2, 0.25) is 0 Å². The van der Waals surface area contributed by atoms with E-state index in [1.54, 1.807) is 18.2 Å². The molecule has 38 heavy (non-hydrogen) atoms. The fourth-order valence-corrected chi connectivity index (χ4v) is 5.14. The van der Waals surface area contributed by atoms with Crippen molar-refractivity contribution in [2.24, 2.45) is 11.8 Å². The molecule has 1 aromatic rings. The Morgan fingerprint density at radius 2 is 1.74 bits per heavy atom. The molecule has 0 fully saturated rings. The number of rotatable bonds is 5. The van der Waals surface area contributed by atoms with Gasteiger partial charge in [0.2, 0.25) is 0 Å². The van der Waals surface area contributed by atoms with Crippen molar-refractivity contribution in [3.8, 4) is 0 Å². The Kier molecular flexibility index (Phi) is 9.63. The van der Waals surface area contributed by atoms with Crippen molar-refractivity contribution in [2.45, 2.75) is 83.8 Å². The lowest BCUT2D eigenvalue weighted by Gasteiger charge is -2.33. The fourth-order valence-electron chi connectivity index (χ4n) is 5.14. The fraction of sp³-hybridized carbons (Fsp3) is 0.533. The second kappa shape index (κ2) is 12.3. The van der Waals surface area contributed by atoms with Crippen molar-refractivity contribution >= 4 is 11.9 Å². The number of carbonyl (C=O) groups excluding carboxylic acids is 2. The maximum absolute atomic E-state index is 14.4. The zero-order valence-electron chi connectivity index (χ0n) is 22.6. The predicted octanol–water partition coefficient (Wildman–Crippen LogP) is 6.98. The Balaban J connectivity index is 2.01. The summed E-state index contributed by atoms with van der Waals surface area (Å²) in [5.41, 5.74) is -1.34. The molecule has 0 saturated carbocycles. The highest BCUT2D eigenvalue weighted by Crippen LogP contribution is 2.43. The Morgan fingerprint density at radius 1 is 1.05 bits per heavy atom. The molecule has 1 aromatic carbocycles. The van der Waals surface area contributed by atoms with Gasteiger partial charge in [-0.05, 0) is 57.6 Å². The van der Waals surface area contributed by atoms with Crippen molar-refractivity contribution in [3.63, 3.8) is 0 Å². The van der Waals surface area contributed by atoms with Crippen LogP contribution in [-0.4, -0.2) is 37.4 Å². The molecule has 2 bridgehead atoms. The number of ether oxygens (including phenoxy) is 3. The van der Waals surface area contributed by atoms with Crippen molar-refractivity contribution < 1.29 is 37.0 Å². The van der Waals surface area contributed by atoms with Crippen LogP contribution in [0.1, 0.15) is 65.4 Å². The van der Waals surface area contributed by atoms with E-state index < -0.39 is 35.9 Å². The van der Waals surface area contributed by atoms with E-state index in [4.69, 9.17) is 14.2 Å². The molecular weight excluding hydrogens is 497 g/mol. The number of allylic oxidation sites excluding steroid dienone is 3. The zero-order chi connectivity index (χ0) is 28.1. The summed E-state index contributed by atoms with van der Waals surface area (Å²) in [7, 11) is 0.832. The molecule has 3 rings (SSSR count). The third-order valence-electron chi connectivity index (χ3n) is 7.38. The average molecular weight is 535 g/mol. The average Bonchev–Trinajstić information content (AvgIpc) is 3.18. The van der Waals surface area contributed by atoms with E-state index in [1.807, 2.05) is 6.92 Å². The molecule has 1 heterocycles. The molecule has 0 saturated heterocycles. The Labute approximate surface area is 222 Å². The molecule has 5 nitrogen and oxygen atoms in total. The minimum atomic E-state index is -5.09. The first-order chi connectivity index (χ1) is 17.9. The molecule has 4 atom stereocenters. The largest absolute Gasteiger partial charge is 0.455 e. The van der Waals surface area contributed by atoms with Gasteiger partial charge in [-0.1, -0.05) is 61.4 Å². The first-order valence-electron chi connectivity index (χ1n) is 13.0. The SMILES string of the molecule is CO[C@@](C(=O)O[C@H]1/C=C(\C)CC/C=C(\C)CC[C@@H](C(C)C)[C@H]2C=C(C1)C(=O)O2)(c1ccccc1)C(F)(F)F. The normalized spacial score (nSPS) is 27.7. The molecule has 0 radical (unpaired) electrons. The molecule has 0 amide bonds. The van der Waals surface area contributed by atoms with E-state index in [1.165, 1.54) is 29.8 Å². The molecule has 0 spiro atoms. The highest BCUT2D eigenvalue weighted by atomic mass is 19.4. The quantitative estimate of drug-likeness (QED) is 0.301. The standard InChI is InChI=1S/C30H37F3O5/c1-19(2)25-15-14-20(3)10-9-11-21(4)16-24(17-22-18-26(25)38-27(22)34)37-28(35)29(36-5,30(31,32)33)23-12-7-6-8-13-23/h6-8,10,12-13,16,18-19,24-26H,9,11,14-15,17H2,1-5H3/b20-10+,21-16+/t24-,25-,26+,29+/m0/s1. The second-order valence-corrected chi connectivity index (χ2v) is 10.5. The lowest BCUT2D eigenvalue weighted by Crippen LogP contribution is -2.52. The van der Waals surface area contributed by atoms with Crippen molar-refractivity contribution in [1.82, 2.24) is 0 Å². The second-order valence-electron chi connectivity index (χ2n) is 10.5. The van der Waals surface area contributed by atoms with Crippen molar-refractivity contribution in [1.29, 1.82) is 0 Å². The molecule has 2 aliphatic rings. The van der Waals surface area contributed by atoms with Crippen LogP contribution in [-0.2, 0) is 29.4 Å². The van der Waals surface area contributed by atoms with Crippen molar-refractivity contribution in [3.05, 3.63) is 70.8 Å². The maximum atomic E-state index is 14.4. The summed E-state index contributed by atoms with van der Waals surface area (Å²) >= 11 is 0. The highest BCUT2D eigenvalue weighted by Gasteiger charge is 2.64. The lowest BCUT2D eigenvalue weighted by molar-refractivity contribution is -0.277. The van der Waals surface area contributed by atoms with Crippen LogP contribution < -0.4 is 0 Å². The van der Waals surface area contributed by atoms with Crippen molar-refractivity contribution in [2.75, 3.05) is 7.11 Å². The monoisotopic (exact) mass is 534 g/mol. The van der Waals surface area contributed by atoms with E-state index >= 15 is 0 Å². The van der Waals surface area contributed by atoms with Gasteiger partial charge in [0, 0.05) is 30.6 Å². The number of methoxy groups -OCH3 is 1. The topological polar surface area (TPSA) is 61.8 Å². The Hall–Kier alpha value is -2.87. The first kappa shape index (κ1) is 29.7. The van der Waals surface area contributed by atoms with Gasteiger partial charge in [0.1, 0.15) is 12.2 Å². The van der Waals surface area contributed by atoms with Crippen LogP contribution in [0.3, 0.4) is 0 Å². The zero-order valence-corrected chi connectivity index (χ0v) is 22.6. The number of halogens is 3. The van der Waals surface area contributed by atoms with Gasteiger partial charge in [-0.25, -0.2) is 9.59 Å². The smallest absolute Gasteiger partial charge is 0.432 e. The minimum absolute atomic E-state index is 0.0884. The number of fused-ring (bicyclic) bond motifs is 1. The molecule has 0 aromatic heterocycles. The lowest BCUT2D eigenvalue weighted by atomic mass is 9.84. The third kappa shape index (κ3) is 6.57. The summed E-state index contributed by atoms with van der Waals surface area (Å²) in [5, 5.41) is 0. The van der Waals surface area contributed by atoms with Gasteiger partial charge < -0.3 is 14.2 Å². The summed E-state index contributed by atoms with van der Waals surface area (Å²) < 4.78 is 59.4. The van der Waals surface area contributed by atoms with Crippen LogP contribution >= 0.6 is 0 Å². The molecule has 208 valence electrons. The van der Waals surface area contributed by atoms with Gasteiger partial charge in [-0.3, -0.25) is 0 Å². The number of alkyl halides is 3. The van der Waals surface area contributed by atoms with E-state index in [9.17, 15) is 22.8 Å². The summed E-state index contributed by atoms with van der Waals surface area (Å²) in [4.78, 5) is 26.1. The highest BCUT2D eigenvalue weighted by molar-refractivity contribution is 5.91. The number of hydrogen-bond acceptors (Lipinski definition) is 5. The van der Waals surface area contributed by atoms with Crippen LogP contribution in [0, 0.1) is 11.8 Å². The summed E-state index contributed by atoms with van der Waals surface area (Å²) in [5.74, 6) is -1.79. The van der Waals surface area contributed by atoms with E-state index in [0.717, 1.165) is 31.9 Å². The van der Waals surface area contributed by atoms with Gasteiger partial charge in [-0.15, -0.1) is 0 Å². The van der Waals surface area contributed by atoms with Crippen LogP contribution in [0.4, 0.5) is 13.2 Å². The van der Waals surface area contributed by atoms with E-state index in [0.29, 0.717) is 12.0 Å². The Morgan fingerprint density at radius 3 is 2.34 bits per heavy atom. The Bertz CT molecular complexity index is 1090. The molecule has 1 aliphatic heterocycles. The molecule has 0 unspecified atom stereocenters. The van der Waals surface area contributed by atoms with Gasteiger partial charge >= 0.3 is 18.1 Å². The number of benzene rings is 1. The van der Waals surface area contributed by atoms with Gasteiger partial charge in [0.25, 0.3) is 5.60 Å². The third-order valence-corrected chi connectivity index (χ3v) is 7.38. The number of carbonyl (C=O) groups is 2. The summed E-state index contributed by atoms with van der Waals surface area (Å²) in [6.07, 6.45) is 1.89. The van der Waals surface area contributed by atoms with Crippen LogP contribution in [0.5, 0.6) is 0 Å². The van der Waals surface area contributed by atoms with Crippen LogP contribution in [0.25, 0.3) is 0 Å². The predicted molar refractivity (Wildman–Crippen MR) is 138 cm³/mol. The maximum Gasteiger partial charge on any atom is 0.432 e.